The van der Waals surface area contributed by atoms with E-state index < -0.39 is 36.3 Å². The number of nitrogens with one attached hydrogen (secondary N) is 2. The fourth-order valence-corrected chi connectivity index (χ4v) is 2.60. The van der Waals surface area contributed by atoms with Crippen molar-refractivity contribution in [1.82, 2.24) is 4.90 Å². The average Bonchev–Trinajstić information content (AvgIpc) is 2.86. The number of benzene rings is 2. The van der Waals surface area contributed by atoms with E-state index in [9.17, 15) is 32.3 Å². The molecule has 0 spiro atoms. The number of amides is 4. The highest BCUT2D eigenvalue weighted by Gasteiger charge is 2.39. The highest BCUT2D eigenvalue weighted by Crippen LogP contribution is 2.23. The fraction of sp³-hybridized carbons (Fsp3) is 0.111. The normalized spacial score (nSPS) is 13.3. The number of nitrogens with zero attached hydrogens (tertiary/aromatic N) is 1. The van der Waals surface area contributed by atoms with Crippen LogP contribution in [0.4, 0.5) is 24.5 Å². The summed E-state index contributed by atoms with van der Waals surface area (Å²) in [6.07, 6.45) is -5.05. The number of hydrogen-bond acceptors (Lipinski definition) is 4. The molecule has 28 heavy (non-hydrogen) atoms. The number of alkyl halides is 3. The largest absolute Gasteiger partial charge is 0.471 e. The molecule has 0 unspecified atom stereocenters. The number of halogens is 3. The zero-order valence-corrected chi connectivity index (χ0v) is 14.0. The Bertz CT molecular complexity index is 953. The second kappa shape index (κ2) is 7.14. The summed E-state index contributed by atoms with van der Waals surface area (Å²) in [5.74, 6) is -4.10. The van der Waals surface area contributed by atoms with Gasteiger partial charge in [-0.3, -0.25) is 24.1 Å². The molecule has 0 fully saturated rings. The van der Waals surface area contributed by atoms with Gasteiger partial charge in [0.25, 0.3) is 11.8 Å². The van der Waals surface area contributed by atoms with E-state index in [4.69, 9.17) is 0 Å². The van der Waals surface area contributed by atoms with Crippen LogP contribution in [-0.4, -0.2) is 41.2 Å². The third kappa shape index (κ3) is 3.85. The lowest BCUT2D eigenvalue weighted by molar-refractivity contribution is -0.167. The van der Waals surface area contributed by atoms with Gasteiger partial charge in [-0.15, -0.1) is 0 Å². The number of anilines is 2. The molecule has 0 atom stereocenters. The van der Waals surface area contributed by atoms with Crippen molar-refractivity contribution in [3.8, 4) is 0 Å². The highest BCUT2D eigenvalue weighted by molar-refractivity contribution is 6.22. The van der Waals surface area contributed by atoms with Crippen LogP contribution in [0.5, 0.6) is 0 Å². The van der Waals surface area contributed by atoms with Crippen molar-refractivity contribution in [3.63, 3.8) is 0 Å². The van der Waals surface area contributed by atoms with Crippen LogP contribution < -0.4 is 10.6 Å². The van der Waals surface area contributed by atoms with E-state index in [-0.39, 0.29) is 22.5 Å². The molecule has 0 bridgehead atoms. The molecule has 0 aromatic heterocycles. The minimum atomic E-state index is -5.05. The van der Waals surface area contributed by atoms with E-state index >= 15 is 0 Å². The predicted molar refractivity (Wildman–Crippen MR) is 91.6 cm³/mol. The van der Waals surface area contributed by atoms with Gasteiger partial charge in [-0.25, -0.2) is 0 Å². The number of hydrogen-bond donors (Lipinski definition) is 2. The van der Waals surface area contributed by atoms with Crippen molar-refractivity contribution in [2.24, 2.45) is 0 Å². The molecule has 7 nitrogen and oxygen atoms in total. The second-order valence-corrected chi connectivity index (χ2v) is 5.82. The number of rotatable bonds is 4. The van der Waals surface area contributed by atoms with E-state index in [2.05, 4.69) is 5.32 Å². The summed E-state index contributed by atoms with van der Waals surface area (Å²) in [6, 6.07) is 11.2. The van der Waals surface area contributed by atoms with Crippen LogP contribution in [0.1, 0.15) is 20.7 Å². The maximum atomic E-state index is 12.3. The Balaban J connectivity index is 1.66. The van der Waals surface area contributed by atoms with Crippen molar-refractivity contribution >= 4 is 35.0 Å². The molecule has 144 valence electrons. The molecule has 1 aliphatic heterocycles. The zero-order valence-electron chi connectivity index (χ0n) is 14.0. The summed E-state index contributed by atoms with van der Waals surface area (Å²) in [7, 11) is 0. The Labute approximate surface area is 156 Å². The third-order valence-corrected chi connectivity index (χ3v) is 3.84. The van der Waals surface area contributed by atoms with Gasteiger partial charge in [0.1, 0.15) is 6.54 Å². The summed E-state index contributed by atoms with van der Waals surface area (Å²) < 4.78 is 36.9. The van der Waals surface area contributed by atoms with E-state index in [0.29, 0.717) is 0 Å². The molecule has 3 rings (SSSR count). The van der Waals surface area contributed by atoms with Crippen LogP contribution in [0, 0.1) is 0 Å². The lowest BCUT2D eigenvalue weighted by Crippen LogP contribution is -2.37. The molecule has 0 aliphatic carbocycles. The number of carbonyl (C=O) groups is 4. The summed E-state index contributed by atoms with van der Waals surface area (Å²) in [5.41, 5.74) is 0.289. The van der Waals surface area contributed by atoms with Gasteiger partial charge in [0, 0.05) is 11.4 Å². The molecule has 1 aliphatic rings. The predicted octanol–water partition coefficient (Wildman–Crippen LogP) is 2.42. The first-order valence-electron chi connectivity index (χ1n) is 7.90. The molecular weight excluding hydrogens is 379 g/mol. The molecule has 10 heteroatoms. The van der Waals surface area contributed by atoms with Crippen molar-refractivity contribution in [1.29, 1.82) is 0 Å². The Morgan fingerprint density at radius 1 is 0.857 bits per heavy atom. The monoisotopic (exact) mass is 391 g/mol. The molecule has 0 radical (unpaired) electrons. The van der Waals surface area contributed by atoms with Crippen molar-refractivity contribution in [2.75, 3.05) is 17.2 Å². The maximum Gasteiger partial charge on any atom is 0.471 e. The Kier molecular flexibility index (Phi) is 4.87. The number of imide groups is 1. The average molecular weight is 391 g/mol. The van der Waals surface area contributed by atoms with Crippen LogP contribution >= 0.6 is 0 Å². The Morgan fingerprint density at radius 3 is 1.93 bits per heavy atom. The molecule has 0 saturated heterocycles. The van der Waals surface area contributed by atoms with Gasteiger partial charge in [0.2, 0.25) is 5.91 Å². The van der Waals surface area contributed by atoms with Gasteiger partial charge < -0.3 is 10.6 Å². The van der Waals surface area contributed by atoms with Crippen molar-refractivity contribution < 1.29 is 32.3 Å². The highest BCUT2D eigenvalue weighted by atomic mass is 19.4. The molecule has 4 amide bonds. The van der Waals surface area contributed by atoms with Crippen LogP contribution in [0.15, 0.2) is 48.5 Å². The number of carbonyl (C=O) groups excluding carboxylic acids is 4. The van der Waals surface area contributed by atoms with Gasteiger partial charge in [-0.05, 0) is 30.3 Å². The summed E-state index contributed by atoms with van der Waals surface area (Å²) in [6.45, 7) is -0.564. The third-order valence-electron chi connectivity index (χ3n) is 3.84. The lowest BCUT2D eigenvalue weighted by atomic mass is 10.1. The minimum absolute atomic E-state index is 0.0848. The maximum absolute atomic E-state index is 12.3. The van der Waals surface area contributed by atoms with E-state index in [1.165, 1.54) is 30.3 Å². The van der Waals surface area contributed by atoms with Gasteiger partial charge in [0.05, 0.1) is 11.1 Å². The van der Waals surface area contributed by atoms with Gasteiger partial charge in [-0.2, -0.15) is 13.2 Å². The van der Waals surface area contributed by atoms with Gasteiger partial charge >= 0.3 is 12.1 Å². The molecule has 2 aromatic carbocycles. The first-order valence-corrected chi connectivity index (χ1v) is 7.90. The topological polar surface area (TPSA) is 95.6 Å². The molecule has 1 heterocycles. The quantitative estimate of drug-likeness (QED) is 0.783. The Hall–Kier alpha value is -3.69. The van der Waals surface area contributed by atoms with E-state index in [0.717, 1.165) is 11.0 Å². The molecule has 0 saturated carbocycles. The van der Waals surface area contributed by atoms with E-state index in [1.54, 1.807) is 17.4 Å². The Morgan fingerprint density at radius 2 is 1.39 bits per heavy atom. The summed E-state index contributed by atoms with van der Waals surface area (Å²) in [5, 5.41) is 4.03. The molecule has 2 aromatic rings. The SMILES string of the molecule is O=C(CN1C(=O)c2ccccc2C1=O)Nc1cccc(NC(=O)C(F)(F)F)c1. The summed E-state index contributed by atoms with van der Waals surface area (Å²) in [4.78, 5) is 48.4. The van der Waals surface area contributed by atoms with Gasteiger partial charge in [0.15, 0.2) is 0 Å². The fourth-order valence-electron chi connectivity index (χ4n) is 2.60. The van der Waals surface area contributed by atoms with Crippen LogP contribution in [0.3, 0.4) is 0 Å². The second-order valence-electron chi connectivity index (χ2n) is 5.82. The summed E-state index contributed by atoms with van der Waals surface area (Å²) >= 11 is 0. The van der Waals surface area contributed by atoms with Crippen LogP contribution in [0.25, 0.3) is 0 Å². The zero-order chi connectivity index (χ0) is 20.5. The molecular formula is C18H12F3N3O4. The van der Waals surface area contributed by atoms with Crippen LogP contribution in [-0.2, 0) is 9.59 Å². The minimum Gasteiger partial charge on any atom is -0.324 e. The first-order chi connectivity index (χ1) is 13.2. The smallest absolute Gasteiger partial charge is 0.324 e. The van der Waals surface area contributed by atoms with Crippen molar-refractivity contribution in [3.05, 3.63) is 59.7 Å². The molecule has 2 N–H and O–H groups in total. The standard InChI is InChI=1S/C18H12F3N3O4/c19-18(20,21)17(28)23-11-5-3-4-10(8-11)22-14(25)9-24-15(26)12-6-1-2-7-13(12)16(24)27/h1-8H,9H2,(H,22,25)(H,23,28). The van der Waals surface area contributed by atoms with Crippen LogP contribution in [0.2, 0.25) is 0 Å². The van der Waals surface area contributed by atoms with Gasteiger partial charge in [-0.1, -0.05) is 18.2 Å². The first kappa shape index (κ1) is 19.1. The van der Waals surface area contributed by atoms with Crippen molar-refractivity contribution in [2.45, 2.75) is 6.18 Å². The van der Waals surface area contributed by atoms with E-state index in [1.807, 2.05) is 0 Å². The lowest BCUT2D eigenvalue weighted by Gasteiger charge is -2.14. The number of fused-ring (bicyclic) bond motifs is 1.